The Bertz CT molecular complexity index is 406. The lowest BCUT2D eigenvalue weighted by molar-refractivity contribution is -0.0533. The number of nitrogens with two attached hydrogens (primary N) is 1. The van der Waals surface area contributed by atoms with E-state index in [0.29, 0.717) is 11.5 Å². The maximum absolute atomic E-state index is 6.27. The monoisotopic (exact) mass is 301 g/mol. The van der Waals surface area contributed by atoms with E-state index in [-0.39, 0.29) is 12.1 Å². The molecule has 1 saturated carbocycles. The van der Waals surface area contributed by atoms with Crippen LogP contribution in [0.25, 0.3) is 0 Å². The summed E-state index contributed by atoms with van der Waals surface area (Å²) < 4.78 is 7.07. The molecule has 4 heteroatoms. The summed E-state index contributed by atoms with van der Waals surface area (Å²) in [4.78, 5) is 1.14. The van der Waals surface area contributed by atoms with Gasteiger partial charge in [-0.3, -0.25) is 0 Å². The number of halogens is 1. The van der Waals surface area contributed by atoms with Crippen molar-refractivity contribution in [3.05, 3.63) is 21.3 Å². The minimum atomic E-state index is -0.0243. The highest BCUT2D eigenvalue weighted by molar-refractivity contribution is 7.16. The van der Waals surface area contributed by atoms with Crippen LogP contribution < -0.4 is 5.73 Å². The molecule has 0 amide bonds. The number of ether oxygens (including phenoxy) is 1. The molecule has 19 heavy (non-hydrogen) atoms. The van der Waals surface area contributed by atoms with Gasteiger partial charge in [-0.1, -0.05) is 25.4 Å². The first-order chi connectivity index (χ1) is 8.87. The molecule has 1 aliphatic rings. The van der Waals surface area contributed by atoms with E-state index in [1.54, 1.807) is 11.3 Å². The van der Waals surface area contributed by atoms with Crippen molar-refractivity contribution in [3.63, 3.8) is 0 Å². The summed E-state index contributed by atoms with van der Waals surface area (Å²) in [5.74, 6) is 0. The zero-order valence-electron chi connectivity index (χ0n) is 12.0. The summed E-state index contributed by atoms with van der Waals surface area (Å²) in [6.07, 6.45) is 5.04. The third-order valence-electron chi connectivity index (χ3n) is 3.98. The molecule has 0 bridgehead atoms. The Labute approximate surface area is 125 Å². The van der Waals surface area contributed by atoms with Crippen molar-refractivity contribution >= 4 is 22.9 Å². The molecule has 0 aliphatic heterocycles. The van der Waals surface area contributed by atoms with Gasteiger partial charge in [-0.2, -0.15) is 0 Å². The Hall–Kier alpha value is -0.0900. The van der Waals surface area contributed by atoms with Gasteiger partial charge < -0.3 is 10.5 Å². The molecule has 1 aromatic rings. The summed E-state index contributed by atoms with van der Waals surface area (Å²) in [5.41, 5.74) is 6.56. The molecule has 0 spiro atoms. The average Bonchev–Trinajstić information content (AvgIpc) is 2.74. The first-order valence-corrected chi connectivity index (χ1v) is 8.23. The molecular formula is C15H24ClNOS. The maximum atomic E-state index is 6.27. The van der Waals surface area contributed by atoms with E-state index in [1.165, 1.54) is 12.8 Å². The van der Waals surface area contributed by atoms with E-state index >= 15 is 0 Å². The molecule has 2 N–H and O–H groups in total. The molecule has 1 aliphatic carbocycles. The van der Waals surface area contributed by atoms with E-state index in [9.17, 15) is 0 Å². The van der Waals surface area contributed by atoms with Gasteiger partial charge in [0.1, 0.15) is 6.10 Å². The van der Waals surface area contributed by atoms with Crippen LogP contribution in [0.15, 0.2) is 12.1 Å². The van der Waals surface area contributed by atoms with Crippen LogP contribution in [0.5, 0.6) is 0 Å². The highest BCUT2D eigenvalue weighted by atomic mass is 35.5. The fraction of sp³-hybridized carbons (Fsp3) is 0.733. The second-order valence-corrected chi connectivity index (χ2v) is 8.17. The minimum Gasteiger partial charge on any atom is -0.368 e. The van der Waals surface area contributed by atoms with E-state index in [0.717, 1.165) is 22.1 Å². The standard InChI is InChI=1S/C15H24ClNOS/c1-10(17)14(12-4-5-13(16)19-12)18-11-6-8-15(2,3)9-7-11/h4-5,10-11,14H,6-9,17H2,1-3H3. The van der Waals surface area contributed by atoms with Gasteiger partial charge in [0.15, 0.2) is 0 Å². The second kappa shape index (κ2) is 6.13. The van der Waals surface area contributed by atoms with Crippen LogP contribution in [0.3, 0.4) is 0 Å². The summed E-state index contributed by atoms with van der Waals surface area (Å²) >= 11 is 7.58. The Balaban J connectivity index is 1.98. The van der Waals surface area contributed by atoms with Crippen LogP contribution in [0.1, 0.15) is 57.4 Å². The predicted octanol–water partition coefficient (Wildman–Crippen LogP) is 4.78. The van der Waals surface area contributed by atoms with E-state index < -0.39 is 0 Å². The first-order valence-electron chi connectivity index (χ1n) is 7.04. The molecular weight excluding hydrogens is 278 g/mol. The first kappa shape index (κ1) is 15.3. The van der Waals surface area contributed by atoms with Gasteiger partial charge in [0.25, 0.3) is 0 Å². The van der Waals surface area contributed by atoms with Crippen LogP contribution in [0.2, 0.25) is 4.34 Å². The Morgan fingerprint density at radius 1 is 1.37 bits per heavy atom. The van der Waals surface area contributed by atoms with Crippen LogP contribution in [-0.2, 0) is 4.74 Å². The van der Waals surface area contributed by atoms with Gasteiger partial charge in [0.05, 0.1) is 10.4 Å². The van der Waals surface area contributed by atoms with E-state index in [2.05, 4.69) is 13.8 Å². The zero-order chi connectivity index (χ0) is 14.0. The lowest BCUT2D eigenvalue weighted by Crippen LogP contribution is -2.33. The summed E-state index contributed by atoms with van der Waals surface area (Å²) in [6.45, 7) is 6.68. The topological polar surface area (TPSA) is 35.2 Å². The largest absolute Gasteiger partial charge is 0.368 e. The summed E-state index contributed by atoms with van der Waals surface area (Å²) in [6, 6.07) is 3.95. The van der Waals surface area contributed by atoms with Crippen molar-refractivity contribution in [2.45, 2.75) is 64.7 Å². The number of thiophene rings is 1. The third kappa shape index (κ3) is 4.19. The Morgan fingerprint density at radius 3 is 2.47 bits per heavy atom. The van der Waals surface area contributed by atoms with Gasteiger partial charge in [0, 0.05) is 10.9 Å². The quantitative estimate of drug-likeness (QED) is 0.869. The SMILES string of the molecule is CC(N)C(OC1CCC(C)(C)CC1)c1ccc(Cl)s1. The van der Waals surface area contributed by atoms with Crippen molar-refractivity contribution in [3.8, 4) is 0 Å². The lowest BCUT2D eigenvalue weighted by atomic mass is 9.76. The molecule has 0 radical (unpaired) electrons. The molecule has 1 fully saturated rings. The van der Waals surface area contributed by atoms with Crippen LogP contribution >= 0.6 is 22.9 Å². The Kier molecular flexibility index (Phi) is 4.93. The van der Waals surface area contributed by atoms with Crippen molar-refractivity contribution in [2.24, 2.45) is 11.1 Å². The van der Waals surface area contributed by atoms with Gasteiger partial charge in [0.2, 0.25) is 0 Å². The molecule has 2 atom stereocenters. The minimum absolute atomic E-state index is 0.00958. The lowest BCUT2D eigenvalue weighted by Gasteiger charge is -2.36. The van der Waals surface area contributed by atoms with Gasteiger partial charge in [-0.25, -0.2) is 0 Å². The van der Waals surface area contributed by atoms with Gasteiger partial charge in [-0.05, 0) is 50.2 Å². The highest BCUT2D eigenvalue weighted by Crippen LogP contribution is 2.39. The van der Waals surface area contributed by atoms with Crippen molar-refractivity contribution in [1.29, 1.82) is 0 Å². The number of hydrogen-bond acceptors (Lipinski definition) is 3. The van der Waals surface area contributed by atoms with Crippen molar-refractivity contribution < 1.29 is 4.74 Å². The van der Waals surface area contributed by atoms with Crippen molar-refractivity contribution in [1.82, 2.24) is 0 Å². The zero-order valence-corrected chi connectivity index (χ0v) is 13.6. The van der Waals surface area contributed by atoms with E-state index in [4.69, 9.17) is 22.1 Å². The maximum Gasteiger partial charge on any atom is 0.107 e. The predicted molar refractivity (Wildman–Crippen MR) is 82.8 cm³/mol. The number of rotatable bonds is 4. The van der Waals surface area contributed by atoms with Crippen LogP contribution in [0, 0.1) is 5.41 Å². The molecule has 1 heterocycles. The normalized spacial score (nSPS) is 23.2. The molecule has 0 saturated heterocycles. The van der Waals surface area contributed by atoms with Crippen LogP contribution in [0.4, 0.5) is 0 Å². The molecule has 2 rings (SSSR count). The molecule has 0 aromatic carbocycles. The molecule has 1 aromatic heterocycles. The smallest absolute Gasteiger partial charge is 0.107 e. The number of hydrogen-bond donors (Lipinski definition) is 1. The Morgan fingerprint density at radius 2 is 2.00 bits per heavy atom. The summed E-state index contributed by atoms with van der Waals surface area (Å²) in [5, 5.41) is 0. The molecule has 2 nitrogen and oxygen atoms in total. The fourth-order valence-electron chi connectivity index (χ4n) is 2.65. The van der Waals surface area contributed by atoms with Crippen LogP contribution in [-0.4, -0.2) is 12.1 Å². The third-order valence-corrected chi connectivity index (χ3v) is 5.27. The van der Waals surface area contributed by atoms with Gasteiger partial charge >= 0.3 is 0 Å². The van der Waals surface area contributed by atoms with Crippen molar-refractivity contribution in [2.75, 3.05) is 0 Å². The summed E-state index contributed by atoms with van der Waals surface area (Å²) in [7, 11) is 0. The van der Waals surface area contributed by atoms with E-state index in [1.807, 2.05) is 19.1 Å². The molecule has 2 unspecified atom stereocenters. The molecule has 108 valence electrons. The average molecular weight is 302 g/mol. The fourth-order valence-corrected chi connectivity index (χ4v) is 3.86. The highest BCUT2D eigenvalue weighted by Gasteiger charge is 2.30. The second-order valence-electron chi connectivity index (χ2n) is 6.42. The van der Waals surface area contributed by atoms with Gasteiger partial charge in [-0.15, -0.1) is 11.3 Å².